The number of carbonyl (C=O) groups is 1. The summed E-state index contributed by atoms with van der Waals surface area (Å²) in [5, 5.41) is 3.00. The maximum absolute atomic E-state index is 12.1. The number of aromatic nitrogens is 1. The lowest BCUT2D eigenvalue weighted by atomic mass is 9.89. The summed E-state index contributed by atoms with van der Waals surface area (Å²) in [6, 6.07) is 2.91. The molecule has 0 aliphatic carbocycles. The second-order valence-corrected chi connectivity index (χ2v) is 5.09. The predicted octanol–water partition coefficient (Wildman–Crippen LogP) is 1.06. The molecule has 1 fully saturated rings. The Morgan fingerprint density at radius 2 is 2.39 bits per heavy atom. The zero-order valence-corrected chi connectivity index (χ0v) is 10.7. The van der Waals surface area contributed by atoms with Gasteiger partial charge in [0.1, 0.15) is 0 Å². The van der Waals surface area contributed by atoms with Crippen LogP contribution in [0, 0.1) is 0 Å². The van der Waals surface area contributed by atoms with Crippen LogP contribution in [0.1, 0.15) is 37.0 Å². The first-order chi connectivity index (χ1) is 8.48. The molecule has 1 aromatic heterocycles. The lowest BCUT2D eigenvalue weighted by Crippen LogP contribution is -2.51. The Labute approximate surface area is 106 Å². The summed E-state index contributed by atoms with van der Waals surface area (Å²) in [6.07, 6.45) is 3.18. The van der Waals surface area contributed by atoms with Gasteiger partial charge >= 0.3 is 0 Å². The van der Waals surface area contributed by atoms with Crippen LogP contribution < -0.4 is 10.9 Å². The third-order valence-corrected chi connectivity index (χ3v) is 3.25. The van der Waals surface area contributed by atoms with Crippen LogP contribution in [-0.2, 0) is 4.74 Å². The van der Waals surface area contributed by atoms with Crippen LogP contribution in [0.3, 0.4) is 0 Å². The molecule has 18 heavy (non-hydrogen) atoms. The summed E-state index contributed by atoms with van der Waals surface area (Å²) in [4.78, 5) is 25.7. The van der Waals surface area contributed by atoms with Crippen LogP contribution in [0.2, 0.25) is 0 Å². The molecule has 5 heteroatoms. The maximum Gasteiger partial charge on any atom is 0.251 e. The zero-order chi connectivity index (χ0) is 13.2. The summed E-state index contributed by atoms with van der Waals surface area (Å²) >= 11 is 0. The maximum atomic E-state index is 12.1. The minimum atomic E-state index is -0.270. The Balaban J connectivity index is 2.09. The number of amides is 1. The fourth-order valence-electron chi connectivity index (χ4n) is 2.33. The number of nitrogens with one attached hydrogen (secondary N) is 2. The van der Waals surface area contributed by atoms with Crippen molar-refractivity contribution in [1.82, 2.24) is 10.3 Å². The topological polar surface area (TPSA) is 71.2 Å². The van der Waals surface area contributed by atoms with Gasteiger partial charge in [-0.05, 0) is 32.8 Å². The SMILES string of the molecule is CC1CC(C)(NC(=O)c2cc[nH]c(=O)c2)CCO1. The molecule has 1 aromatic rings. The fourth-order valence-corrected chi connectivity index (χ4v) is 2.33. The highest BCUT2D eigenvalue weighted by molar-refractivity contribution is 5.94. The van der Waals surface area contributed by atoms with Gasteiger partial charge in [-0.15, -0.1) is 0 Å². The van der Waals surface area contributed by atoms with Crippen LogP contribution in [0.25, 0.3) is 0 Å². The van der Waals surface area contributed by atoms with E-state index in [1.807, 2.05) is 13.8 Å². The number of hydrogen-bond acceptors (Lipinski definition) is 3. The largest absolute Gasteiger partial charge is 0.378 e. The average molecular weight is 250 g/mol. The van der Waals surface area contributed by atoms with Gasteiger partial charge in [0.05, 0.1) is 6.10 Å². The third kappa shape index (κ3) is 2.98. The lowest BCUT2D eigenvalue weighted by Gasteiger charge is -2.37. The van der Waals surface area contributed by atoms with Gasteiger partial charge < -0.3 is 15.0 Å². The molecular weight excluding hydrogens is 232 g/mol. The molecule has 0 bridgehead atoms. The molecule has 2 unspecified atom stereocenters. The highest BCUT2D eigenvalue weighted by atomic mass is 16.5. The molecule has 2 atom stereocenters. The summed E-state index contributed by atoms with van der Waals surface area (Å²) in [5.41, 5.74) is -0.149. The van der Waals surface area contributed by atoms with E-state index < -0.39 is 0 Å². The van der Waals surface area contributed by atoms with E-state index in [-0.39, 0.29) is 23.1 Å². The average Bonchev–Trinajstić information content (AvgIpc) is 2.28. The molecule has 1 saturated heterocycles. The lowest BCUT2D eigenvalue weighted by molar-refractivity contribution is -0.0117. The van der Waals surface area contributed by atoms with Crippen LogP contribution in [0.4, 0.5) is 0 Å². The Morgan fingerprint density at radius 3 is 3.06 bits per heavy atom. The summed E-state index contributed by atoms with van der Waals surface area (Å²) in [7, 11) is 0. The Morgan fingerprint density at radius 1 is 1.61 bits per heavy atom. The minimum absolute atomic E-state index is 0.142. The van der Waals surface area contributed by atoms with Crippen molar-refractivity contribution in [2.24, 2.45) is 0 Å². The van der Waals surface area contributed by atoms with Crippen LogP contribution in [0.5, 0.6) is 0 Å². The van der Waals surface area contributed by atoms with Crippen molar-refractivity contribution >= 4 is 5.91 Å². The molecule has 0 radical (unpaired) electrons. The highest BCUT2D eigenvalue weighted by Crippen LogP contribution is 2.24. The number of pyridine rings is 1. The Hall–Kier alpha value is -1.62. The number of carbonyl (C=O) groups excluding carboxylic acids is 1. The van der Waals surface area contributed by atoms with Gasteiger partial charge in [0.2, 0.25) is 5.56 Å². The van der Waals surface area contributed by atoms with Gasteiger partial charge in [-0.3, -0.25) is 9.59 Å². The molecule has 1 aliphatic heterocycles. The van der Waals surface area contributed by atoms with E-state index in [2.05, 4.69) is 10.3 Å². The van der Waals surface area contributed by atoms with E-state index in [0.717, 1.165) is 12.8 Å². The molecule has 98 valence electrons. The number of rotatable bonds is 2. The summed E-state index contributed by atoms with van der Waals surface area (Å²) in [5.74, 6) is -0.210. The quantitative estimate of drug-likeness (QED) is 0.824. The van der Waals surface area contributed by atoms with E-state index in [1.54, 1.807) is 6.07 Å². The first-order valence-electron chi connectivity index (χ1n) is 6.11. The smallest absolute Gasteiger partial charge is 0.251 e. The normalized spacial score (nSPS) is 27.8. The van der Waals surface area contributed by atoms with Crippen molar-refractivity contribution in [3.8, 4) is 0 Å². The second kappa shape index (κ2) is 4.94. The molecule has 2 N–H and O–H groups in total. The van der Waals surface area contributed by atoms with E-state index in [9.17, 15) is 9.59 Å². The molecule has 0 aromatic carbocycles. The minimum Gasteiger partial charge on any atom is -0.378 e. The van der Waals surface area contributed by atoms with Crippen molar-refractivity contribution in [2.45, 2.75) is 38.3 Å². The van der Waals surface area contributed by atoms with Gasteiger partial charge in [0, 0.05) is 30.0 Å². The monoisotopic (exact) mass is 250 g/mol. The number of ether oxygens (including phenoxy) is 1. The Kier molecular flexibility index (Phi) is 3.52. The molecule has 5 nitrogen and oxygen atoms in total. The first-order valence-corrected chi connectivity index (χ1v) is 6.11. The van der Waals surface area contributed by atoms with Crippen LogP contribution >= 0.6 is 0 Å². The van der Waals surface area contributed by atoms with Gasteiger partial charge in [0.25, 0.3) is 5.91 Å². The van der Waals surface area contributed by atoms with Crippen LogP contribution in [-0.4, -0.2) is 29.1 Å². The van der Waals surface area contributed by atoms with E-state index in [0.29, 0.717) is 12.2 Å². The molecule has 0 saturated carbocycles. The molecule has 2 rings (SSSR count). The van der Waals surface area contributed by atoms with Crippen molar-refractivity contribution in [3.05, 3.63) is 34.2 Å². The fraction of sp³-hybridized carbons (Fsp3) is 0.538. The van der Waals surface area contributed by atoms with E-state index in [4.69, 9.17) is 4.74 Å². The van der Waals surface area contributed by atoms with E-state index >= 15 is 0 Å². The van der Waals surface area contributed by atoms with Crippen molar-refractivity contribution in [3.63, 3.8) is 0 Å². The summed E-state index contributed by atoms with van der Waals surface area (Å²) in [6.45, 7) is 4.65. The first kappa shape index (κ1) is 12.8. The third-order valence-electron chi connectivity index (χ3n) is 3.25. The summed E-state index contributed by atoms with van der Waals surface area (Å²) < 4.78 is 5.47. The van der Waals surface area contributed by atoms with Gasteiger partial charge in [-0.25, -0.2) is 0 Å². The molecule has 0 spiro atoms. The number of H-pyrrole nitrogens is 1. The highest BCUT2D eigenvalue weighted by Gasteiger charge is 2.32. The predicted molar refractivity (Wildman–Crippen MR) is 67.6 cm³/mol. The molecular formula is C13H18N2O3. The molecule has 2 heterocycles. The number of aromatic amines is 1. The van der Waals surface area contributed by atoms with Gasteiger partial charge in [-0.1, -0.05) is 0 Å². The van der Waals surface area contributed by atoms with E-state index in [1.165, 1.54) is 12.3 Å². The molecule has 1 aliphatic rings. The second-order valence-electron chi connectivity index (χ2n) is 5.09. The van der Waals surface area contributed by atoms with Gasteiger partial charge in [-0.2, -0.15) is 0 Å². The zero-order valence-electron chi connectivity index (χ0n) is 10.7. The van der Waals surface area contributed by atoms with Crippen molar-refractivity contribution < 1.29 is 9.53 Å². The van der Waals surface area contributed by atoms with Crippen molar-refractivity contribution in [2.75, 3.05) is 6.61 Å². The van der Waals surface area contributed by atoms with Crippen molar-refractivity contribution in [1.29, 1.82) is 0 Å². The van der Waals surface area contributed by atoms with Gasteiger partial charge in [0.15, 0.2) is 0 Å². The standard InChI is InChI=1S/C13H18N2O3/c1-9-8-13(2,4-6-18-9)15-12(17)10-3-5-14-11(16)7-10/h3,5,7,9H,4,6,8H2,1-2H3,(H,14,16)(H,15,17). The van der Waals surface area contributed by atoms with Crippen LogP contribution in [0.15, 0.2) is 23.1 Å². The Bertz CT molecular complexity index is 497. The molecule has 1 amide bonds. The number of hydrogen-bond donors (Lipinski definition) is 2.